The maximum atomic E-state index is 12.8. The number of amides is 2. The molecule has 6 nitrogen and oxygen atoms in total. The molecule has 0 aliphatic carbocycles. The van der Waals surface area contributed by atoms with Crippen LogP contribution in [0.3, 0.4) is 0 Å². The number of alkyl halides is 6. The standard InChI is InChI=1S/C17H15F6N3O3S/c1-15(16(18,19)20,17(21,22)23)24-14(27)25-26-30(28,29)13-9-7-12(8-10-13)11-5-3-2-4-6-11/h2-10,26H,1H3,(H2,24,25,27). The lowest BCUT2D eigenvalue weighted by molar-refractivity contribution is -0.297. The zero-order valence-corrected chi connectivity index (χ0v) is 15.9. The molecule has 0 fully saturated rings. The molecule has 2 rings (SSSR count). The minimum atomic E-state index is -5.88. The van der Waals surface area contributed by atoms with E-state index in [-0.39, 0.29) is 11.8 Å². The quantitative estimate of drug-likeness (QED) is 0.474. The highest BCUT2D eigenvalue weighted by Crippen LogP contribution is 2.42. The fourth-order valence-electron chi connectivity index (χ4n) is 2.19. The Balaban J connectivity index is 2.10. The molecule has 0 aliphatic heterocycles. The highest BCUT2D eigenvalue weighted by Gasteiger charge is 2.68. The van der Waals surface area contributed by atoms with Crippen LogP contribution in [0.5, 0.6) is 0 Å². The first-order chi connectivity index (χ1) is 13.7. The van der Waals surface area contributed by atoms with Crippen LogP contribution in [0, 0.1) is 0 Å². The highest BCUT2D eigenvalue weighted by molar-refractivity contribution is 7.89. The summed E-state index contributed by atoms with van der Waals surface area (Å²) in [7, 11) is -4.47. The molecular formula is C17H15F6N3O3S. The lowest BCUT2D eigenvalue weighted by Crippen LogP contribution is -2.67. The van der Waals surface area contributed by atoms with Gasteiger partial charge in [-0.25, -0.2) is 13.2 Å². The molecule has 164 valence electrons. The van der Waals surface area contributed by atoms with E-state index in [9.17, 15) is 39.6 Å². The van der Waals surface area contributed by atoms with Crippen molar-refractivity contribution in [2.75, 3.05) is 0 Å². The fraction of sp³-hybridized carbons (Fsp3) is 0.235. The summed E-state index contributed by atoms with van der Waals surface area (Å²) in [6, 6.07) is 12.0. The van der Waals surface area contributed by atoms with Gasteiger partial charge in [0.25, 0.3) is 10.0 Å². The first kappa shape index (κ1) is 23.5. The van der Waals surface area contributed by atoms with Crippen molar-refractivity contribution >= 4 is 16.1 Å². The summed E-state index contributed by atoms with van der Waals surface area (Å²) in [6.07, 6.45) is -11.8. The van der Waals surface area contributed by atoms with Crippen molar-refractivity contribution < 1.29 is 39.6 Å². The van der Waals surface area contributed by atoms with Crippen LogP contribution >= 0.6 is 0 Å². The Bertz CT molecular complexity index is 976. The Morgan fingerprint density at radius 3 is 1.73 bits per heavy atom. The van der Waals surface area contributed by atoms with Gasteiger partial charge in [0.1, 0.15) is 0 Å². The van der Waals surface area contributed by atoms with Crippen molar-refractivity contribution in [1.82, 2.24) is 15.6 Å². The van der Waals surface area contributed by atoms with Crippen LogP contribution in [0.2, 0.25) is 0 Å². The van der Waals surface area contributed by atoms with Gasteiger partial charge in [0, 0.05) is 0 Å². The number of rotatable bonds is 5. The van der Waals surface area contributed by atoms with Gasteiger partial charge in [0.15, 0.2) is 0 Å². The molecule has 30 heavy (non-hydrogen) atoms. The number of hydrogen-bond acceptors (Lipinski definition) is 3. The number of carbonyl (C=O) groups excluding carboxylic acids is 1. The first-order valence-corrected chi connectivity index (χ1v) is 9.54. The van der Waals surface area contributed by atoms with E-state index in [4.69, 9.17) is 0 Å². The van der Waals surface area contributed by atoms with E-state index < -0.39 is 33.9 Å². The molecule has 0 heterocycles. The molecule has 2 amide bonds. The van der Waals surface area contributed by atoms with E-state index in [1.165, 1.54) is 22.4 Å². The molecule has 0 saturated heterocycles. The number of hydrogen-bond donors (Lipinski definition) is 3. The average Bonchev–Trinajstić information content (AvgIpc) is 2.65. The van der Waals surface area contributed by atoms with Crippen LogP contribution < -0.4 is 15.6 Å². The third-order valence-corrected chi connectivity index (χ3v) is 5.33. The summed E-state index contributed by atoms with van der Waals surface area (Å²) in [5, 5.41) is 0.701. The zero-order valence-electron chi connectivity index (χ0n) is 15.1. The summed E-state index contributed by atoms with van der Waals surface area (Å²) in [5.74, 6) is 0. The van der Waals surface area contributed by atoms with Gasteiger partial charge < -0.3 is 5.32 Å². The Morgan fingerprint density at radius 2 is 1.27 bits per heavy atom. The smallest absolute Gasteiger partial charge is 0.315 e. The number of benzene rings is 2. The van der Waals surface area contributed by atoms with Crippen molar-refractivity contribution in [1.29, 1.82) is 0 Å². The van der Waals surface area contributed by atoms with Gasteiger partial charge in [0.2, 0.25) is 5.54 Å². The van der Waals surface area contributed by atoms with Gasteiger partial charge in [0.05, 0.1) is 4.90 Å². The molecule has 0 aromatic heterocycles. The largest absolute Gasteiger partial charge is 0.420 e. The SMILES string of the molecule is CC(NC(=O)NNS(=O)(=O)c1ccc(-c2ccccc2)cc1)(C(F)(F)F)C(F)(F)F. The summed E-state index contributed by atoms with van der Waals surface area (Å²) in [4.78, 5) is 12.6. The molecule has 0 bridgehead atoms. The molecule has 0 spiro atoms. The lowest BCUT2D eigenvalue weighted by Gasteiger charge is -2.34. The van der Waals surface area contributed by atoms with Gasteiger partial charge in [-0.3, -0.25) is 5.43 Å². The summed E-state index contributed by atoms with van der Waals surface area (Å²) < 4.78 is 101. The predicted molar refractivity (Wildman–Crippen MR) is 94.4 cm³/mol. The lowest BCUT2D eigenvalue weighted by atomic mass is 10.0. The van der Waals surface area contributed by atoms with Crippen LogP contribution in [-0.2, 0) is 10.0 Å². The molecule has 2 aromatic carbocycles. The molecule has 3 N–H and O–H groups in total. The number of carbonyl (C=O) groups is 1. The van der Waals surface area contributed by atoms with E-state index in [0.29, 0.717) is 10.9 Å². The van der Waals surface area contributed by atoms with Crippen molar-refractivity contribution in [2.24, 2.45) is 0 Å². The molecule has 0 atom stereocenters. The van der Waals surface area contributed by atoms with Crippen LogP contribution in [0.1, 0.15) is 6.92 Å². The van der Waals surface area contributed by atoms with Crippen molar-refractivity contribution in [3.05, 3.63) is 54.6 Å². The van der Waals surface area contributed by atoms with Gasteiger partial charge in [-0.05, 0) is 30.2 Å². The number of nitrogens with one attached hydrogen (secondary N) is 3. The number of sulfonamides is 1. The van der Waals surface area contributed by atoms with Crippen LogP contribution in [0.25, 0.3) is 11.1 Å². The second-order valence-electron chi connectivity index (χ2n) is 6.20. The molecule has 13 heteroatoms. The molecule has 0 saturated carbocycles. The van der Waals surface area contributed by atoms with Gasteiger partial charge >= 0.3 is 18.4 Å². The minimum absolute atomic E-state index is 0.288. The fourth-order valence-corrected chi connectivity index (χ4v) is 3.03. The van der Waals surface area contributed by atoms with Gasteiger partial charge in [-0.15, -0.1) is 4.83 Å². The monoisotopic (exact) mass is 455 g/mol. The number of halogens is 6. The summed E-state index contributed by atoms with van der Waals surface area (Å²) in [5.41, 5.74) is -1.87. The second kappa shape index (κ2) is 8.14. The summed E-state index contributed by atoms with van der Waals surface area (Å²) >= 11 is 0. The normalized spacial score (nSPS) is 13.0. The summed E-state index contributed by atoms with van der Waals surface area (Å²) in [6.45, 7) is -0.288. The topological polar surface area (TPSA) is 87.3 Å². The van der Waals surface area contributed by atoms with Crippen LogP contribution in [0.15, 0.2) is 59.5 Å². The Morgan fingerprint density at radius 1 is 0.800 bits per heavy atom. The van der Waals surface area contributed by atoms with E-state index in [1.54, 1.807) is 30.3 Å². The molecule has 2 aromatic rings. The maximum absolute atomic E-state index is 12.8. The van der Waals surface area contributed by atoms with Crippen LogP contribution in [-0.4, -0.2) is 32.3 Å². The van der Waals surface area contributed by atoms with E-state index in [2.05, 4.69) is 0 Å². The maximum Gasteiger partial charge on any atom is 0.420 e. The third-order valence-electron chi connectivity index (χ3n) is 4.07. The molecule has 0 radical (unpaired) electrons. The Hall–Kier alpha value is -2.80. The van der Waals surface area contributed by atoms with E-state index in [0.717, 1.165) is 17.7 Å². The van der Waals surface area contributed by atoms with Crippen molar-refractivity contribution in [3.8, 4) is 11.1 Å². The van der Waals surface area contributed by atoms with Crippen molar-refractivity contribution in [3.63, 3.8) is 0 Å². The van der Waals surface area contributed by atoms with E-state index in [1.807, 2.05) is 0 Å². The minimum Gasteiger partial charge on any atom is -0.315 e. The van der Waals surface area contributed by atoms with Gasteiger partial charge in [-0.1, -0.05) is 42.5 Å². The molecule has 0 aliphatic rings. The third kappa shape index (κ3) is 5.02. The predicted octanol–water partition coefficient (Wildman–Crippen LogP) is 3.73. The highest BCUT2D eigenvalue weighted by atomic mass is 32.2. The molecular weight excluding hydrogens is 440 g/mol. The van der Waals surface area contributed by atoms with E-state index >= 15 is 0 Å². The van der Waals surface area contributed by atoms with Gasteiger partial charge in [-0.2, -0.15) is 26.3 Å². The first-order valence-electron chi connectivity index (χ1n) is 8.06. The number of hydrazine groups is 1. The molecule has 0 unspecified atom stereocenters. The second-order valence-corrected chi connectivity index (χ2v) is 7.88. The Kier molecular flexibility index (Phi) is 6.37. The van der Waals surface area contributed by atoms with Crippen molar-refractivity contribution in [2.45, 2.75) is 29.7 Å². The zero-order chi connectivity index (χ0) is 22.8. The number of urea groups is 1. The van der Waals surface area contributed by atoms with Crippen LogP contribution in [0.4, 0.5) is 31.1 Å². The Labute approximate surface area is 167 Å². The average molecular weight is 455 g/mol.